The predicted octanol–water partition coefficient (Wildman–Crippen LogP) is 1.57. The minimum atomic E-state index is 0.387. The molecule has 2 unspecified atom stereocenters. The first-order valence-electron chi connectivity index (χ1n) is 6.80. The normalized spacial score (nSPS) is 28.6. The van der Waals surface area contributed by atoms with Crippen molar-refractivity contribution in [1.29, 1.82) is 0 Å². The molecule has 4 heteroatoms. The molecule has 3 rings (SSSR count). The van der Waals surface area contributed by atoms with Crippen molar-refractivity contribution >= 4 is 0 Å². The van der Waals surface area contributed by atoms with E-state index in [0.29, 0.717) is 17.8 Å². The molecule has 1 aromatic rings. The van der Waals surface area contributed by atoms with Gasteiger partial charge in [0.2, 0.25) is 5.88 Å². The molecule has 1 aromatic heterocycles. The summed E-state index contributed by atoms with van der Waals surface area (Å²) in [5.41, 5.74) is 7.05. The first-order chi connectivity index (χ1) is 8.83. The van der Waals surface area contributed by atoms with Gasteiger partial charge in [0.1, 0.15) is 0 Å². The summed E-state index contributed by atoms with van der Waals surface area (Å²) in [5, 5.41) is 0. The molecule has 1 saturated heterocycles. The van der Waals surface area contributed by atoms with Gasteiger partial charge in [-0.25, -0.2) is 4.98 Å². The van der Waals surface area contributed by atoms with Gasteiger partial charge in [-0.1, -0.05) is 6.07 Å². The zero-order valence-corrected chi connectivity index (χ0v) is 10.9. The van der Waals surface area contributed by atoms with Crippen LogP contribution in [0.1, 0.15) is 31.0 Å². The summed E-state index contributed by atoms with van der Waals surface area (Å²) in [5.74, 6) is 1.23. The molecule has 2 atom stereocenters. The average Bonchev–Trinajstić information content (AvgIpc) is 3.18. The van der Waals surface area contributed by atoms with Gasteiger partial charge in [-0.05, 0) is 44.3 Å². The van der Waals surface area contributed by atoms with E-state index in [-0.39, 0.29) is 0 Å². The number of ether oxygens (including phenoxy) is 1. The van der Waals surface area contributed by atoms with Crippen molar-refractivity contribution in [2.45, 2.75) is 31.3 Å². The predicted molar refractivity (Wildman–Crippen MR) is 70.4 cm³/mol. The molecule has 2 aliphatic rings. The molecule has 0 bridgehead atoms. The summed E-state index contributed by atoms with van der Waals surface area (Å²) in [4.78, 5) is 7.21. The zero-order valence-electron chi connectivity index (χ0n) is 10.9. The fourth-order valence-corrected chi connectivity index (χ4v) is 3.07. The molecule has 0 radical (unpaired) electrons. The molecule has 0 spiro atoms. The van der Waals surface area contributed by atoms with Gasteiger partial charge in [0, 0.05) is 12.1 Å². The zero-order chi connectivity index (χ0) is 12.5. The van der Waals surface area contributed by atoms with Crippen molar-refractivity contribution in [2.24, 2.45) is 11.7 Å². The van der Waals surface area contributed by atoms with Crippen LogP contribution in [0.5, 0.6) is 5.88 Å². The number of hydrogen-bond acceptors (Lipinski definition) is 4. The molecule has 1 saturated carbocycles. The second-order valence-electron chi connectivity index (χ2n) is 5.30. The average molecular weight is 247 g/mol. The van der Waals surface area contributed by atoms with E-state index in [4.69, 9.17) is 10.5 Å². The van der Waals surface area contributed by atoms with Crippen molar-refractivity contribution in [3.63, 3.8) is 0 Å². The SMILES string of the molecule is COc1cccc(C2C(CN)CCN2C2CC2)n1. The van der Waals surface area contributed by atoms with Crippen LogP contribution in [0.3, 0.4) is 0 Å². The molecule has 0 aromatic carbocycles. The van der Waals surface area contributed by atoms with Crippen molar-refractivity contribution in [2.75, 3.05) is 20.2 Å². The van der Waals surface area contributed by atoms with E-state index >= 15 is 0 Å². The van der Waals surface area contributed by atoms with E-state index in [0.717, 1.165) is 24.8 Å². The van der Waals surface area contributed by atoms with Crippen LogP contribution in [0.4, 0.5) is 0 Å². The summed E-state index contributed by atoms with van der Waals surface area (Å²) in [6.45, 7) is 1.91. The number of aromatic nitrogens is 1. The Morgan fingerprint density at radius 2 is 2.22 bits per heavy atom. The maximum atomic E-state index is 5.93. The first-order valence-corrected chi connectivity index (χ1v) is 6.80. The Morgan fingerprint density at radius 3 is 2.89 bits per heavy atom. The smallest absolute Gasteiger partial charge is 0.213 e. The second-order valence-corrected chi connectivity index (χ2v) is 5.30. The summed E-state index contributed by atoms with van der Waals surface area (Å²) in [7, 11) is 1.67. The Balaban J connectivity index is 1.89. The van der Waals surface area contributed by atoms with Gasteiger partial charge >= 0.3 is 0 Å². The number of hydrogen-bond donors (Lipinski definition) is 1. The van der Waals surface area contributed by atoms with Gasteiger partial charge in [0.15, 0.2) is 0 Å². The lowest BCUT2D eigenvalue weighted by Crippen LogP contribution is -2.30. The van der Waals surface area contributed by atoms with Gasteiger partial charge in [0.05, 0.1) is 18.8 Å². The standard InChI is InChI=1S/C14H21N3O/c1-18-13-4-2-3-12(16-13)14-10(9-15)7-8-17(14)11-5-6-11/h2-4,10-11,14H,5-9,15H2,1H3. The van der Waals surface area contributed by atoms with E-state index in [2.05, 4.69) is 16.0 Å². The number of nitrogens with zero attached hydrogens (tertiary/aromatic N) is 2. The van der Waals surface area contributed by atoms with E-state index < -0.39 is 0 Å². The third-order valence-electron chi connectivity index (χ3n) is 4.14. The second kappa shape index (κ2) is 4.86. The highest BCUT2D eigenvalue weighted by molar-refractivity contribution is 5.20. The van der Waals surface area contributed by atoms with Gasteiger partial charge in [-0.3, -0.25) is 4.90 Å². The Kier molecular flexibility index (Phi) is 3.22. The lowest BCUT2D eigenvalue weighted by Gasteiger charge is -2.27. The van der Waals surface area contributed by atoms with Crippen molar-refractivity contribution in [3.8, 4) is 5.88 Å². The maximum Gasteiger partial charge on any atom is 0.213 e. The third kappa shape index (κ3) is 2.10. The summed E-state index contributed by atoms with van der Waals surface area (Å²) in [6, 6.07) is 7.18. The largest absolute Gasteiger partial charge is 0.481 e. The number of methoxy groups -OCH3 is 1. The van der Waals surface area contributed by atoms with Crippen LogP contribution in [0.25, 0.3) is 0 Å². The molecular weight excluding hydrogens is 226 g/mol. The first kappa shape index (κ1) is 11.9. The highest BCUT2D eigenvalue weighted by atomic mass is 16.5. The molecular formula is C14H21N3O. The Bertz CT molecular complexity index is 419. The molecule has 1 aliphatic heterocycles. The number of pyridine rings is 1. The molecule has 18 heavy (non-hydrogen) atoms. The van der Waals surface area contributed by atoms with E-state index in [1.165, 1.54) is 19.3 Å². The highest BCUT2D eigenvalue weighted by Gasteiger charge is 2.42. The highest BCUT2D eigenvalue weighted by Crippen LogP contribution is 2.43. The maximum absolute atomic E-state index is 5.93. The fourth-order valence-electron chi connectivity index (χ4n) is 3.07. The Labute approximate surface area is 108 Å². The summed E-state index contributed by atoms with van der Waals surface area (Å²) >= 11 is 0. The quantitative estimate of drug-likeness (QED) is 0.877. The third-order valence-corrected chi connectivity index (χ3v) is 4.14. The number of rotatable bonds is 4. The molecule has 98 valence electrons. The molecule has 2 N–H and O–H groups in total. The number of likely N-dealkylation sites (tertiary alicyclic amines) is 1. The molecule has 2 fully saturated rings. The van der Waals surface area contributed by atoms with Gasteiger partial charge in [-0.2, -0.15) is 0 Å². The summed E-state index contributed by atoms with van der Waals surface area (Å²) in [6.07, 6.45) is 3.85. The van der Waals surface area contributed by atoms with Crippen LogP contribution < -0.4 is 10.5 Å². The molecule has 0 amide bonds. The van der Waals surface area contributed by atoms with Crippen LogP contribution in [0.15, 0.2) is 18.2 Å². The fraction of sp³-hybridized carbons (Fsp3) is 0.643. The monoisotopic (exact) mass is 247 g/mol. The minimum absolute atomic E-state index is 0.387. The molecule has 1 aliphatic carbocycles. The Morgan fingerprint density at radius 1 is 1.39 bits per heavy atom. The van der Waals surface area contributed by atoms with Gasteiger partial charge < -0.3 is 10.5 Å². The van der Waals surface area contributed by atoms with Crippen molar-refractivity contribution < 1.29 is 4.74 Å². The number of nitrogens with two attached hydrogens (primary N) is 1. The van der Waals surface area contributed by atoms with Crippen molar-refractivity contribution in [1.82, 2.24) is 9.88 Å². The molecule has 4 nitrogen and oxygen atoms in total. The van der Waals surface area contributed by atoms with Crippen molar-refractivity contribution in [3.05, 3.63) is 23.9 Å². The van der Waals surface area contributed by atoms with E-state index in [1.807, 2.05) is 12.1 Å². The van der Waals surface area contributed by atoms with E-state index in [9.17, 15) is 0 Å². The minimum Gasteiger partial charge on any atom is -0.481 e. The topological polar surface area (TPSA) is 51.4 Å². The Hall–Kier alpha value is -1.13. The van der Waals surface area contributed by atoms with Gasteiger partial charge in [0.25, 0.3) is 0 Å². The lowest BCUT2D eigenvalue weighted by molar-refractivity contribution is 0.214. The van der Waals surface area contributed by atoms with Gasteiger partial charge in [-0.15, -0.1) is 0 Å². The van der Waals surface area contributed by atoms with Crippen LogP contribution in [-0.2, 0) is 0 Å². The van der Waals surface area contributed by atoms with Crippen LogP contribution in [-0.4, -0.2) is 36.1 Å². The lowest BCUT2D eigenvalue weighted by atomic mass is 9.97. The van der Waals surface area contributed by atoms with Crippen LogP contribution in [0, 0.1) is 5.92 Å². The van der Waals surface area contributed by atoms with Crippen LogP contribution >= 0.6 is 0 Å². The molecule has 2 heterocycles. The van der Waals surface area contributed by atoms with E-state index in [1.54, 1.807) is 7.11 Å². The summed E-state index contributed by atoms with van der Waals surface area (Å²) < 4.78 is 5.23. The van der Waals surface area contributed by atoms with Crippen LogP contribution in [0.2, 0.25) is 0 Å².